The van der Waals surface area contributed by atoms with Crippen LogP contribution < -0.4 is 0 Å². The fraction of sp³-hybridized carbons (Fsp3) is 0. The van der Waals surface area contributed by atoms with Gasteiger partial charge in [0.05, 0.1) is 0 Å². The van der Waals surface area contributed by atoms with Gasteiger partial charge in [-0.25, -0.2) is 0 Å². The third-order valence-corrected chi connectivity index (χ3v) is 0. The van der Waals surface area contributed by atoms with Crippen LogP contribution in [0.15, 0.2) is 0 Å². The molecule has 6 N–H and O–H groups in total. The van der Waals surface area contributed by atoms with Gasteiger partial charge in [-0.15, -0.1) is 0 Å². The summed E-state index contributed by atoms with van der Waals surface area (Å²) in [5.74, 6) is 0. The normalized spacial score (nSPS) is 10.0. The molecule has 0 amide bonds. The Labute approximate surface area is 39.8 Å². The molecule has 0 heterocycles. The Hall–Kier alpha value is 0.599. The van der Waals surface area contributed by atoms with E-state index in [0.29, 0.717) is 0 Å². The van der Waals surface area contributed by atoms with E-state index in [9.17, 15) is 0 Å². The average Bonchev–Trinajstić information content (AvgIpc) is 0.722. The first kappa shape index (κ1) is 9.78. The van der Waals surface area contributed by atoms with Crippen molar-refractivity contribution in [2.45, 2.75) is 0 Å². The van der Waals surface area contributed by atoms with Crippen molar-refractivity contribution in [3.63, 3.8) is 0 Å². The molecule has 5 nitrogen and oxygen atoms in total. The van der Waals surface area contributed by atoms with Crippen molar-refractivity contribution in [1.82, 2.24) is 0 Å². The van der Waals surface area contributed by atoms with E-state index in [2.05, 4.69) is 0 Å². The zero-order valence-corrected chi connectivity index (χ0v) is 5.64. The molecule has 6 heavy (non-hydrogen) atoms. The van der Waals surface area contributed by atoms with Crippen LogP contribution in [-0.2, 0) is 0 Å². The van der Waals surface area contributed by atoms with E-state index < -0.39 is 20.0 Å². The molecule has 6 heteroatoms. The van der Waals surface area contributed by atoms with Gasteiger partial charge in [0, 0.05) is 0 Å². The molecule has 0 saturated heterocycles. The number of hydrogen-bond donors (Lipinski definition) is 4. The predicted octanol–water partition coefficient (Wildman–Crippen LogP) is -3.43. The van der Waals surface area contributed by atoms with Crippen molar-refractivity contribution in [2.75, 3.05) is 0 Å². The second-order valence-corrected chi connectivity index (χ2v) is 4.02. The molecular weight excluding hydrogens is 199 g/mol. The summed E-state index contributed by atoms with van der Waals surface area (Å²) in [7, 11) is 0. The molecule has 0 bridgehead atoms. The molecule has 0 atom stereocenters. The van der Waals surface area contributed by atoms with E-state index in [-0.39, 0.29) is 5.48 Å². The van der Waals surface area contributed by atoms with Crippen LogP contribution in [0, 0.1) is 0 Å². The molecule has 0 aromatic carbocycles. The molecule has 0 spiro atoms. The molecule has 0 aliphatic carbocycles. The molecule has 40 valence electrons. The Morgan fingerprint density at radius 3 is 0.833 bits per heavy atom. The van der Waals surface area contributed by atoms with Crippen LogP contribution in [0.3, 0.4) is 0 Å². The van der Waals surface area contributed by atoms with Gasteiger partial charge in [0.25, 0.3) is 0 Å². The van der Waals surface area contributed by atoms with E-state index in [0.717, 1.165) is 0 Å². The van der Waals surface area contributed by atoms with Crippen LogP contribution in [0.4, 0.5) is 0 Å². The first-order chi connectivity index (χ1) is 2.00. The van der Waals surface area contributed by atoms with Gasteiger partial charge in [0.2, 0.25) is 0 Å². The summed E-state index contributed by atoms with van der Waals surface area (Å²) >= 11 is -5.18. The third-order valence-electron chi connectivity index (χ3n) is 0. The summed E-state index contributed by atoms with van der Waals surface area (Å²) in [5, 5.41) is 0. The molecule has 0 fully saturated rings. The summed E-state index contributed by atoms with van der Waals surface area (Å²) in [5.41, 5.74) is 0. The van der Waals surface area contributed by atoms with Crippen LogP contribution in [0.1, 0.15) is 0 Å². The molecule has 0 unspecified atom stereocenters. The second-order valence-electron chi connectivity index (χ2n) is 0.600. The zero-order chi connectivity index (χ0) is 4.50. The van der Waals surface area contributed by atoms with Crippen molar-refractivity contribution in [1.29, 1.82) is 0 Å². The average molecular weight is 205 g/mol. The van der Waals surface area contributed by atoms with Crippen molar-refractivity contribution < 1.29 is 19.3 Å². The van der Waals surface area contributed by atoms with Crippen LogP contribution in [0.25, 0.3) is 0 Å². The number of hydrogen-bond acceptors (Lipinski definition) is 4. The Morgan fingerprint density at radius 2 is 0.833 bits per heavy atom. The van der Waals surface area contributed by atoms with Crippen molar-refractivity contribution >= 4 is 20.0 Å². The van der Waals surface area contributed by atoms with E-state index in [1.807, 2.05) is 0 Å². The Morgan fingerprint density at radius 1 is 0.833 bits per heavy atom. The fourth-order valence-electron chi connectivity index (χ4n) is 0. The van der Waals surface area contributed by atoms with Gasteiger partial charge in [-0.3, -0.25) is 0 Å². The van der Waals surface area contributed by atoms with Crippen LogP contribution >= 0.6 is 0 Å². The zero-order valence-electron chi connectivity index (χ0n) is 2.79. The summed E-state index contributed by atoms with van der Waals surface area (Å²) in [6, 6.07) is 0. The summed E-state index contributed by atoms with van der Waals surface area (Å²) in [4.78, 5) is 0. The van der Waals surface area contributed by atoms with Gasteiger partial charge in [-0.05, 0) is 0 Å². The van der Waals surface area contributed by atoms with Crippen LogP contribution in [0.5, 0.6) is 0 Å². The van der Waals surface area contributed by atoms with E-state index in [1.165, 1.54) is 0 Å². The van der Waals surface area contributed by atoms with Gasteiger partial charge in [-0.2, -0.15) is 0 Å². The van der Waals surface area contributed by atoms with Crippen molar-refractivity contribution in [3.05, 3.63) is 0 Å². The number of rotatable bonds is 0. The first-order valence-corrected chi connectivity index (χ1v) is 6.00. The Balaban J connectivity index is 0. The minimum absolute atomic E-state index is 0. The first-order valence-electron chi connectivity index (χ1n) is 0.894. The van der Waals surface area contributed by atoms with Gasteiger partial charge in [0.15, 0.2) is 0 Å². The van der Waals surface area contributed by atoms with Gasteiger partial charge in [-0.1, -0.05) is 0 Å². The van der Waals surface area contributed by atoms with Gasteiger partial charge in [0.1, 0.15) is 0 Å². The maximum atomic E-state index is 7.40. The Kier molecular flexibility index (Phi) is 4.43. The summed E-state index contributed by atoms with van der Waals surface area (Å²) in [6.07, 6.45) is 0. The quantitative estimate of drug-likeness (QED) is 0.308. The standard InChI is InChI=1S/5H2O.Sn/h5*1H2;/q;;;;;+4/p-4. The van der Waals surface area contributed by atoms with E-state index in [4.69, 9.17) is 13.8 Å². The van der Waals surface area contributed by atoms with E-state index >= 15 is 0 Å². The van der Waals surface area contributed by atoms with Crippen LogP contribution in [0.2, 0.25) is 0 Å². The fourth-order valence-corrected chi connectivity index (χ4v) is 0. The summed E-state index contributed by atoms with van der Waals surface area (Å²) in [6.45, 7) is 0. The third kappa shape index (κ3) is 166. The van der Waals surface area contributed by atoms with Crippen molar-refractivity contribution in [3.8, 4) is 0 Å². The monoisotopic (exact) mass is 206 g/mol. The second kappa shape index (κ2) is 2.72. The summed E-state index contributed by atoms with van der Waals surface area (Å²) < 4.78 is 29.6. The van der Waals surface area contributed by atoms with Gasteiger partial charge < -0.3 is 5.48 Å². The SMILES string of the molecule is O.[OH][Sn]([OH])([OH])[OH]. The maximum absolute atomic E-state index is 7.40. The molecule has 0 saturated carbocycles. The molecule has 0 aliphatic rings. The molecule has 0 aliphatic heterocycles. The minimum atomic E-state index is -5.18. The molecular formula is H6O5Sn. The predicted molar refractivity (Wildman–Crippen MR) is 18.2 cm³/mol. The van der Waals surface area contributed by atoms with Crippen LogP contribution in [-0.4, -0.2) is 39.3 Å². The molecule has 0 aromatic rings. The van der Waals surface area contributed by atoms with Gasteiger partial charge >= 0.3 is 33.8 Å². The Bertz CT molecular complexity index is 19.4. The van der Waals surface area contributed by atoms with Crippen molar-refractivity contribution in [2.24, 2.45) is 0 Å². The van der Waals surface area contributed by atoms with E-state index in [1.54, 1.807) is 0 Å². The molecule has 0 rings (SSSR count). The molecule has 0 aromatic heterocycles. The molecule has 0 radical (unpaired) electrons. The topological polar surface area (TPSA) is 112 Å².